The monoisotopic (exact) mass is 348 g/mol. The van der Waals surface area contributed by atoms with Gasteiger partial charge in [-0.25, -0.2) is 9.59 Å². The smallest absolute Gasteiger partial charge is 0.335 e. The van der Waals surface area contributed by atoms with Gasteiger partial charge in [0.2, 0.25) is 0 Å². The van der Waals surface area contributed by atoms with Gasteiger partial charge in [-0.2, -0.15) is 0 Å². The molecule has 2 amide bonds. The van der Waals surface area contributed by atoms with Crippen LogP contribution in [0.5, 0.6) is 0 Å². The molecule has 0 unspecified atom stereocenters. The first kappa shape index (κ1) is 15.1. The van der Waals surface area contributed by atoms with Crippen LogP contribution in [0.15, 0.2) is 53.0 Å². The number of hydrogen-bond donors (Lipinski definition) is 3. The highest BCUT2D eigenvalue weighted by molar-refractivity contribution is 9.10. The van der Waals surface area contributed by atoms with E-state index in [1.807, 2.05) is 12.1 Å². The predicted molar refractivity (Wildman–Crippen MR) is 83.4 cm³/mol. The van der Waals surface area contributed by atoms with E-state index >= 15 is 0 Å². The lowest BCUT2D eigenvalue weighted by Gasteiger charge is -2.08. The molecule has 2 aromatic rings. The largest absolute Gasteiger partial charge is 0.478 e. The van der Waals surface area contributed by atoms with Crippen LogP contribution in [0.2, 0.25) is 0 Å². The third-order valence-corrected chi connectivity index (χ3v) is 3.26. The van der Waals surface area contributed by atoms with Crippen LogP contribution >= 0.6 is 15.9 Å². The van der Waals surface area contributed by atoms with Gasteiger partial charge in [-0.1, -0.05) is 28.1 Å². The van der Waals surface area contributed by atoms with Gasteiger partial charge in [0, 0.05) is 16.7 Å². The van der Waals surface area contributed by atoms with Gasteiger partial charge in [0.1, 0.15) is 0 Å². The highest BCUT2D eigenvalue weighted by Gasteiger charge is 2.05. The van der Waals surface area contributed by atoms with Crippen LogP contribution in [0.3, 0.4) is 0 Å². The molecule has 3 N–H and O–H groups in total. The van der Waals surface area contributed by atoms with E-state index in [2.05, 4.69) is 26.6 Å². The Bertz CT molecular complexity index is 656. The summed E-state index contributed by atoms with van der Waals surface area (Å²) in [6, 6.07) is 13.3. The van der Waals surface area contributed by atoms with Crippen molar-refractivity contribution in [2.45, 2.75) is 6.54 Å². The zero-order valence-electron chi connectivity index (χ0n) is 11.0. The van der Waals surface area contributed by atoms with Crippen LogP contribution in [-0.4, -0.2) is 17.1 Å². The van der Waals surface area contributed by atoms with Gasteiger partial charge in [-0.3, -0.25) is 0 Å². The van der Waals surface area contributed by atoms with E-state index in [9.17, 15) is 9.59 Å². The standard InChI is InChI=1S/C15H13BrN2O3/c16-12-4-6-13(7-5-12)18-15(21)17-9-10-2-1-3-11(8-10)14(19)20/h1-8H,9H2,(H,19,20)(H2,17,18,21). The van der Waals surface area contributed by atoms with E-state index in [-0.39, 0.29) is 18.1 Å². The maximum atomic E-state index is 11.7. The minimum atomic E-state index is -0.990. The lowest BCUT2D eigenvalue weighted by atomic mass is 10.1. The quantitative estimate of drug-likeness (QED) is 0.791. The summed E-state index contributed by atoms with van der Waals surface area (Å²) in [6.45, 7) is 0.253. The molecular weight excluding hydrogens is 336 g/mol. The predicted octanol–water partition coefficient (Wildman–Crippen LogP) is 3.47. The molecule has 0 radical (unpaired) electrons. The maximum Gasteiger partial charge on any atom is 0.335 e. The first-order valence-corrected chi connectivity index (χ1v) is 6.96. The van der Waals surface area contributed by atoms with Gasteiger partial charge in [0.05, 0.1) is 5.56 Å². The first-order valence-electron chi connectivity index (χ1n) is 6.17. The third-order valence-electron chi connectivity index (χ3n) is 2.73. The number of halogens is 1. The summed E-state index contributed by atoms with van der Waals surface area (Å²) in [5, 5.41) is 14.3. The number of carboxylic acids is 1. The summed E-state index contributed by atoms with van der Waals surface area (Å²) >= 11 is 3.32. The molecule has 0 aliphatic rings. The Morgan fingerprint density at radius 3 is 2.48 bits per heavy atom. The highest BCUT2D eigenvalue weighted by atomic mass is 79.9. The second kappa shape index (κ2) is 6.90. The van der Waals surface area contributed by atoms with Gasteiger partial charge in [-0.05, 0) is 42.0 Å². The molecule has 108 valence electrons. The fraction of sp³-hybridized carbons (Fsp3) is 0.0667. The Morgan fingerprint density at radius 1 is 1.10 bits per heavy atom. The maximum absolute atomic E-state index is 11.7. The lowest BCUT2D eigenvalue weighted by molar-refractivity contribution is 0.0696. The normalized spacial score (nSPS) is 9.95. The number of urea groups is 1. The molecular formula is C15H13BrN2O3. The highest BCUT2D eigenvalue weighted by Crippen LogP contribution is 2.14. The Labute approximate surface area is 130 Å². The van der Waals surface area contributed by atoms with Crippen molar-refractivity contribution in [1.29, 1.82) is 0 Å². The van der Waals surface area contributed by atoms with E-state index in [0.29, 0.717) is 5.69 Å². The molecule has 0 aliphatic carbocycles. The van der Waals surface area contributed by atoms with E-state index in [1.54, 1.807) is 24.3 Å². The van der Waals surface area contributed by atoms with Crippen LogP contribution in [0.4, 0.5) is 10.5 Å². The number of aromatic carboxylic acids is 1. The molecule has 21 heavy (non-hydrogen) atoms. The van der Waals surface area contributed by atoms with Crippen molar-refractivity contribution in [3.8, 4) is 0 Å². The number of benzene rings is 2. The number of carboxylic acid groups (broad SMARTS) is 1. The van der Waals surface area contributed by atoms with E-state index < -0.39 is 5.97 Å². The number of nitrogens with one attached hydrogen (secondary N) is 2. The Kier molecular flexibility index (Phi) is 4.94. The van der Waals surface area contributed by atoms with Crippen LogP contribution < -0.4 is 10.6 Å². The number of rotatable bonds is 4. The number of amides is 2. The van der Waals surface area contributed by atoms with E-state index in [1.165, 1.54) is 12.1 Å². The topological polar surface area (TPSA) is 78.4 Å². The number of carbonyl (C=O) groups is 2. The summed E-state index contributed by atoms with van der Waals surface area (Å²) in [7, 11) is 0. The summed E-state index contributed by atoms with van der Waals surface area (Å²) in [4.78, 5) is 22.6. The third kappa shape index (κ3) is 4.61. The van der Waals surface area contributed by atoms with Crippen LogP contribution in [0.25, 0.3) is 0 Å². The average Bonchev–Trinajstić information content (AvgIpc) is 2.48. The van der Waals surface area contributed by atoms with Gasteiger partial charge < -0.3 is 15.7 Å². The molecule has 0 atom stereocenters. The Morgan fingerprint density at radius 2 is 1.81 bits per heavy atom. The van der Waals surface area contributed by atoms with Crippen LogP contribution in [0.1, 0.15) is 15.9 Å². The average molecular weight is 349 g/mol. The minimum Gasteiger partial charge on any atom is -0.478 e. The summed E-state index contributed by atoms with van der Waals surface area (Å²) < 4.78 is 0.930. The Balaban J connectivity index is 1.90. The SMILES string of the molecule is O=C(NCc1cccc(C(=O)O)c1)Nc1ccc(Br)cc1. The Hall–Kier alpha value is -2.34. The molecule has 0 spiro atoms. The number of hydrogen-bond acceptors (Lipinski definition) is 2. The lowest BCUT2D eigenvalue weighted by Crippen LogP contribution is -2.28. The molecule has 0 aromatic heterocycles. The van der Waals surface area contributed by atoms with Gasteiger partial charge in [0.25, 0.3) is 0 Å². The second-order valence-electron chi connectivity index (χ2n) is 4.32. The van der Waals surface area contributed by atoms with Crippen molar-refractivity contribution < 1.29 is 14.7 Å². The van der Waals surface area contributed by atoms with Gasteiger partial charge in [0.15, 0.2) is 0 Å². The minimum absolute atomic E-state index is 0.197. The fourth-order valence-corrected chi connectivity index (χ4v) is 1.97. The van der Waals surface area contributed by atoms with Gasteiger partial charge >= 0.3 is 12.0 Å². The van der Waals surface area contributed by atoms with Crippen molar-refractivity contribution in [3.63, 3.8) is 0 Å². The second-order valence-corrected chi connectivity index (χ2v) is 5.24. The van der Waals surface area contributed by atoms with Crippen LogP contribution in [0, 0.1) is 0 Å². The van der Waals surface area contributed by atoms with Gasteiger partial charge in [-0.15, -0.1) is 0 Å². The molecule has 0 aliphatic heterocycles. The zero-order chi connectivity index (χ0) is 15.2. The van der Waals surface area contributed by atoms with Crippen molar-refractivity contribution in [2.24, 2.45) is 0 Å². The summed E-state index contributed by atoms with van der Waals surface area (Å²) in [5.74, 6) is -0.990. The fourth-order valence-electron chi connectivity index (χ4n) is 1.71. The molecule has 0 heterocycles. The molecule has 2 rings (SSSR count). The van der Waals surface area contributed by atoms with Crippen LogP contribution in [-0.2, 0) is 6.54 Å². The summed E-state index contributed by atoms with van der Waals surface area (Å²) in [5.41, 5.74) is 1.60. The first-order chi connectivity index (χ1) is 10.0. The molecule has 5 nitrogen and oxygen atoms in total. The number of anilines is 1. The molecule has 0 saturated carbocycles. The molecule has 6 heteroatoms. The molecule has 2 aromatic carbocycles. The molecule has 0 bridgehead atoms. The van der Waals surface area contributed by atoms with E-state index in [4.69, 9.17) is 5.11 Å². The summed E-state index contributed by atoms with van der Waals surface area (Å²) in [6.07, 6.45) is 0. The zero-order valence-corrected chi connectivity index (χ0v) is 12.6. The van der Waals surface area contributed by atoms with Crippen molar-refractivity contribution in [1.82, 2.24) is 5.32 Å². The van der Waals surface area contributed by atoms with Crippen molar-refractivity contribution in [3.05, 3.63) is 64.1 Å². The van der Waals surface area contributed by atoms with E-state index in [0.717, 1.165) is 10.0 Å². The van der Waals surface area contributed by atoms with Crippen molar-refractivity contribution in [2.75, 3.05) is 5.32 Å². The molecule has 0 saturated heterocycles. The van der Waals surface area contributed by atoms with Crippen molar-refractivity contribution >= 4 is 33.6 Å². The number of carbonyl (C=O) groups excluding carboxylic acids is 1. The molecule has 0 fully saturated rings.